The Hall–Kier alpha value is -2.28. The van der Waals surface area contributed by atoms with Crippen LogP contribution in [0.3, 0.4) is 0 Å². The van der Waals surface area contributed by atoms with Gasteiger partial charge in [0.05, 0.1) is 11.6 Å². The monoisotopic (exact) mass is 486 g/mol. The van der Waals surface area contributed by atoms with E-state index in [-0.39, 0.29) is 41.4 Å². The average Bonchev–Trinajstić information content (AvgIpc) is 3.34. The number of hydrogen-bond donors (Lipinski definition) is 2. The third-order valence-electron chi connectivity index (χ3n) is 8.80. The molecule has 192 valence electrons. The van der Waals surface area contributed by atoms with Crippen molar-refractivity contribution in [2.75, 3.05) is 13.2 Å². The molecule has 3 aliphatic rings. The summed E-state index contributed by atoms with van der Waals surface area (Å²) in [7, 11) is 0. The highest BCUT2D eigenvalue weighted by atomic mass is 19.1. The fourth-order valence-electron chi connectivity index (χ4n) is 6.76. The van der Waals surface area contributed by atoms with Crippen LogP contribution in [0.15, 0.2) is 24.3 Å². The van der Waals surface area contributed by atoms with Crippen molar-refractivity contribution >= 4 is 17.7 Å². The summed E-state index contributed by atoms with van der Waals surface area (Å²) in [5, 5.41) is 9.15. The van der Waals surface area contributed by atoms with E-state index in [4.69, 9.17) is 10.8 Å². The van der Waals surface area contributed by atoms with E-state index in [0.717, 1.165) is 37.7 Å². The molecule has 0 bridgehead atoms. The highest BCUT2D eigenvalue weighted by Gasteiger charge is 2.46. The van der Waals surface area contributed by atoms with Gasteiger partial charge < -0.3 is 15.7 Å². The van der Waals surface area contributed by atoms with E-state index < -0.39 is 24.7 Å². The number of likely N-dealkylation sites (tertiary alicyclic amines) is 1. The number of nitrogens with zero attached hydrogens (tertiary/aromatic N) is 1. The van der Waals surface area contributed by atoms with Gasteiger partial charge in [-0.1, -0.05) is 44.2 Å². The zero-order valence-electron chi connectivity index (χ0n) is 20.5. The molecule has 0 spiro atoms. The first-order valence-electron chi connectivity index (χ1n) is 13.4. The Bertz CT molecular complexity index is 891. The molecule has 0 aromatic heterocycles. The Labute approximate surface area is 207 Å². The van der Waals surface area contributed by atoms with Crippen molar-refractivity contribution < 1.29 is 23.9 Å². The maximum absolute atomic E-state index is 13.7. The molecule has 3 atom stereocenters. The van der Waals surface area contributed by atoms with Crippen molar-refractivity contribution in [3.8, 4) is 0 Å². The summed E-state index contributed by atoms with van der Waals surface area (Å²) in [4.78, 5) is 40.4. The molecule has 0 radical (unpaired) electrons. The number of alkyl halides is 1. The predicted octanol–water partition coefficient (Wildman–Crippen LogP) is 4.40. The number of amides is 1. The van der Waals surface area contributed by atoms with Gasteiger partial charge >= 0.3 is 5.97 Å². The second kappa shape index (κ2) is 11.6. The minimum absolute atomic E-state index is 0.0580. The number of nitrogens with two attached hydrogens (primary N) is 1. The fourth-order valence-corrected chi connectivity index (χ4v) is 6.76. The molecular formula is C28H39FN2O4. The molecule has 3 fully saturated rings. The molecule has 1 aliphatic heterocycles. The van der Waals surface area contributed by atoms with Gasteiger partial charge in [-0.3, -0.25) is 9.59 Å². The normalized spacial score (nSPS) is 28.6. The van der Waals surface area contributed by atoms with Gasteiger partial charge in [-0.25, -0.2) is 9.18 Å². The van der Waals surface area contributed by atoms with Gasteiger partial charge in [0.25, 0.3) is 0 Å². The number of benzene rings is 1. The third kappa shape index (κ3) is 5.93. The van der Waals surface area contributed by atoms with E-state index in [0.29, 0.717) is 25.3 Å². The van der Waals surface area contributed by atoms with Crippen LogP contribution in [0.4, 0.5) is 4.39 Å². The van der Waals surface area contributed by atoms with Crippen molar-refractivity contribution in [3.05, 3.63) is 35.4 Å². The zero-order valence-corrected chi connectivity index (χ0v) is 20.5. The van der Waals surface area contributed by atoms with Gasteiger partial charge in [0.1, 0.15) is 6.67 Å². The smallest absolute Gasteiger partial charge is 0.335 e. The number of rotatable bonds is 8. The van der Waals surface area contributed by atoms with Crippen LogP contribution in [0.1, 0.15) is 80.1 Å². The maximum atomic E-state index is 13.7. The van der Waals surface area contributed by atoms with Crippen LogP contribution in [0.25, 0.3) is 0 Å². The second-order valence-electron chi connectivity index (χ2n) is 10.9. The average molecular weight is 487 g/mol. The molecule has 1 aromatic carbocycles. The lowest BCUT2D eigenvalue weighted by Gasteiger charge is -2.37. The van der Waals surface area contributed by atoms with Gasteiger partial charge in [-0.05, 0) is 67.6 Å². The molecule has 0 unspecified atom stereocenters. The molecule has 1 aromatic rings. The quantitative estimate of drug-likeness (QED) is 0.567. The minimum atomic E-state index is -0.991. The summed E-state index contributed by atoms with van der Waals surface area (Å²) >= 11 is 0. The highest BCUT2D eigenvalue weighted by Crippen LogP contribution is 2.41. The van der Waals surface area contributed by atoms with Crippen LogP contribution in [0, 0.1) is 23.7 Å². The van der Waals surface area contributed by atoms with E-state index in [1.54, 1.807) is 12.1 Å². The molecular weight excluding hydrogens is 447 g/mol. The van der Waals surface area contributed by atoms with E-state index in [1.165, 1.54) is 31.4 Å². The summed E-state index contributed by atoms with van der Waals surface area (Å²) in [6.07, 6.45) is 9.86. The molecule has 4 rings (SSSR count). The highest BCUT2D eigenvalue weighted by molar-refractivity contribution is 5.92. The van der Waals surface area contributed by atoms with Crippen molar-refractivity contribution in [1.82, 2.24) is 4.90 Å². The number of ketones is 1. The van der Waals surface area contributed by atoms with Gasteiger partial charge in [0, 0.05) is 24.9 Å². The predicted molar refractivity (Wildman–Crippen MR) is 132 cm³/mol. The lowest BCUT2D eigenvalue weighted by atomic mass is 9.75. The molecule has 1 heterocycles. The molecule has 1 amide bonds. The Kier molecular flexibility index (Phi) is 8.58. The number of Topliss-reactive ketones (excluding diaryl/α,β-unsaturated/α-hetero) is 1. The molecule has 2 saturated carbocycles. The van der Waals surface area contributed by atoms with Gasteiger partial charge in [0.15, 0.2) is 5.78 Å². The van der Waals surface area contributed by atoms with E-state index >= 15 is 0 Å². The van der Waals surface area contributed by atoms with Crippen molar-refractivity contribution in [3.63, 3.8) is 0 Å². The van der Waals surface area contributed by atoms with Gasteiger partial charge in [-0.15, -0.1) is 0 Å². The molecule has 6 nitrogen and oxygen atoms in total. The Balaban J connectivity index is 1.48. The lowest BCUT2D eigenvalue weighted by Crippen LogP contribution is -2.48. The summed E-state index contributed by atoms with van der Waals surface area (Å²) in [6.45, 7) is 0.0980. The molecule has 1 saturated heterocycles. The van der Waals surface area contributed by atoms with Crippen molar-refractivity contribution in [2.45, 2.75) is 82.7 Å². The molecule has 7 heteroatoms. The number of aromatic carboxylic acids is 1. The SMILES string of the molecule is N[C@H](CF)C1CCC(C(=O)N2CC[C@@H](C3CCCCC3)[C@H]2C(=O)Cc2ccc(C(=O)O)cc2)CC1. The van der Waals surface area contributed by atoms with Crippen LogP contribution < -0.4 is 5.73 Å². The molecule has 2 aliphatic carbocycles. The molecule has 35 heavy (non-hydrogen) atoms. The van der Waals surface area contributed by atoms with Gasteiger partial charge in [0.2, 0.25) is 5.91 Å². The van der Waals surface area contributed by atoms with E-state index in [9.17, 15) is 18.8 Å². The van der Waals surface area contributed by atoms with Crippen molar-refractivity contribution in [2.24, 2.45) is 29.4 Å². The van der Waals surface area contributed by atoms with Crippen LogP contribution in [-0.2, 0) is 16.0 Å². The number of carboxylic acids is 1. The van der Waals surface area contributed by atoms with Crippen LogP contribution in [0.2, 0.25) is 0 Å². The third-order valence-corrected chi connectivity index (χ3v) is 8.80. The van der Waals surface area contributed by atoms with Crippen LogP contribution in [-0.4, -0.2) is 53.0 Å². The number of hydrogen-bond acceptors (Lipinski definition) is 4. The fraction of sp³-hybridized carbons (Fsp3) is 0.679. The van der Waals surface area contributed by atoms with Crippen LogP contribution >= 0.6 is 0 Å². The number of halogens is 1. The molecule has 3 N–H and O–H groups in total. The summed E-state index contributed by atoms with van der Waals surface area (Å²) in [6, 6.07) is 5.61. The first-order valence-corrected chi connectivity index (χ1v) is 13.4. The maximum Gasteiger partial charge on any atom is 0.335 e. The topological polar surface area (TPSA) is 101 Å². The minimum Gasteiger partial charge on any atom is -0.478 e. The van der Waals surface area contributed by atoms with E-state index in [1.807, 2.05) is 4.90 Å². The first-order chi connectivity index (χ1) is 16.9. The van der Waals surface area contributed by atoms with E-state index in [2.05, 4.69) is 0 Å². The standard InChI is InChI=1S/C28H39FN2O4/c29-17-24(30)20-10-12-21(13-11-20)27(33)31-15-14-23(19-4-2-1-3-5-19)26(31)25(32)16-18-6-8-22(9-7-18)28(34)35/h6-9,19-21,23-24,26H,1-5,10-17,30H2,(H,34,35)/t20?,21?,23-,24+,26-/m0/s1. The second-order valence-corrected chi connectivity index (χ2v) is 10.9. The number of carbonyl (C=O) groups is 3. The Morgan fingerprint density at radius 1 is 0.971 bits per heavy atom. The number of carbonyl (C=O) groups excluding carboxylic acids is 2. The first kappa shape index (κ1) is 25.8. The summed E-state index contributed by atoms with van der Waals surface area (Å²) in [5.74, 6) is -0.172. The summed E-state index contributed by atoms with van der Waals surface area (Å²) < 4.78 is 13.0. The Morgan fingerprint density at radius 2 is 1.63 bits per heavy atom. The lowest BCUT2D eigenvalue weighted by molar-refractivity contribution is -0.143. The Morgan fingerprint density at radius 3 is 2.23 bits per heavy atom. The van der Waals surface area contributed by atoms with Gasteiger partial charge in [-0.2, -0.15) is 0 Å². The zero-order chi connectivity index (χ0) is 24.9. The largest absolute Gasteiger partial charge is 0.478 e. The summed E-state index contributed by atoms with van der Waals surface area (Å²) in [5.41, 5.74) is 6.88. The number of carboxylic acid groups (broad SMARTS) is 1. The van der Waals surface area contributed by atoms with Crippen LogP contribution in [0.5, 0.6) is 0 Å². The van der Waals surface area contributed by atoms with Crippen molar-refractivity contribution in [1.29, 1.82) is 0 Å².